The third kappa shape index (κ3) is 3.36. The Kier molecular flexibility index (Phi) is 4.58. The van der Waals surface area contributed by atoms with Crippen molar-refractivity contribution >= 4 is 0 Å². The van der Waals surface area contributed by atoms with Crippen molar-refractivity contribution in [2.24, 2.45) is 5.73 Å². The van der Waals surface area contributed by atoms with Crippen LogP contribution in [-0.4, -0.2) is 6.61 Å². The molecule has 0 saturated carbocycles. The van der Waals surface area contributed by atoms with Crippen LogP contribution in [0.5, 0.6) is 5.75 Å². The molecule has 0 spiro atoms. The van der Waals surface area contributed by atoms with E-state index >= 15 is 0 Å². The van der Waals surface area contributed by atoms with E-state index in [-0.39, 0.29) is 6.04 Å². The first-order valence-corrected chi connectivity index (χ1v) is 6.80. The number of ether oxygens (including phenoxy) is 1. The topological polar surface area (TPSA) is 35.2 Å². The third-order valence-corrected chi connectivity index (χ3v) is 3.09. The van der Waals surface area contributed by atoms with E-state index in [0.29, 0.717) is 0 Å². The molecule has 2 aromatic rings. The second-order valence-corrected chi connectivity index (χ2v) is 4.75. The molecule has 2 N–H and O–H groups in total. The van der Waals surface area contributed by atoms with Gasteiger partial charge in [-0.15, -0.1) is 0 Å². The predicted molar refractivity (Wildman–Crippen MR) is 80.3 cm³/mol. The molecule has 0 saturated heterocycles. The lowest BCUT2D eigenvalue weighted by molar-refractivity contribution is 0.317. The Bertz CT molecular complexity index is 517. The van der Waals surface area contributed by atoms with Crippen molar-refractivity contribution in [1.82, 2.24) is 0 Å². The first-order chi connectivity index (χ1) is 9.22. The lowest BCUT2D eigenvalue weighted by Crippen LogP contribution is -2.06. The second kappa shape index (κ2) is 6.39. The molecule has 0 heterocycles. The van der Waals surface area contributed by atoms with Gasteiger partial charge in [-0.2, -0.15) is 0 Å². The summed E-state index contributed by atoms with van der Waals surface area (Å²) in [5, 5.41) is 0. The van der Waals surface area contributed by atoms with Crippen LogP contribution >= 0.6 is 0 Å². The number of hydrogen-bond acceptors (Lipinski definition) is 2. The zero-order chi connectivity index (χ0) is 13.7. The first-order valence-electron chi connectivity index (χ1n) is 6.80. The van der Waals surface area contributed by atoms with Gasteiger partial charge < -0.3 is 10.5 Å². The van der Waals surface area contributed by atoms with Gasteiger partial charge in [0.15, 0.2) is 0 Å². The highest BCUT2D eigenvalue weighted by atomic mass is 16.5. The fourth-order valence-electron chi connectivity index (χ4n) is 2.11. The van der Waals surface area contributed by atoms with E-state index in [9.17, 15) is 0 Å². The van der Waals surface area contributed by atoms with Crippen LogP contribution in [0.2, 0.25) is 0 Å². The van der Waals surface area contributed by atoms with E-state index in [4.69, 9.17) is 10.5 Å². The molecule has 0 aliphatic rings. The van der Waals surface area contributed by atoms with E-state index in [1.54, 1.807) is 0 Å². The molecular formula is C17H21NO. The lowest BCUT2D eigenvalue weighted by atomic mass is 9.96. The Balaban J connectivity index is 2.27. The third-order valence-electron chi connectivity index (χ3n) is 3.09. The van der Waals surface area contributed by atoms with Gasteiger partial charge >= 0.3 is 0 Å². The number of rotatable bonds is 5. The summed E-state index contributed by atoms with van der Waals surface area (Å²) in [6.45, 7) is 4.88. The highest BCUT2D eigenvalue weighted by molar-refractivity contribution is 5.68. The predicted octanol–water partition coefficient (Wildman–Crippen LogP) is 4.16. The molecule has 19 heavy (non-hydrogen) atoms. The molecule has 0 aliphatic heterocycles. The van der Waals surface area contributed by atoms with Crippen molar-refractivity contribution < 1.29 is 4.74 Å². The molecule has 2 nitrogen and oxygen atoms in total. The minimum absolute atomic E-state index is 0.0345. The van der Waals surface area contributed by atoms with E-state index in [1.807, 2.05) is 31.2 Å². The maximum absolute atomic E-state index is 6.02. The molecule has 0 radical (unpaired) electrons. The van der Waals surface area contributed by atoms with E-state index in [0.717, 1.165) is 18.8 Å². The summed E-state index contributed by atoms with van der Waals surface area (Å²) < 4.78 is 5.60. The second-order valence-electron chi connectivity index (χ2n) is 4.75. The molecule has 0 bridgehead atoms. The van der Waals surface area contributed by atoms with Crippen molar-refractivity contribution in [1.29, 1.82) is 0 Å². The standard InChI is InChI=1S/C17H21NO/c1-3-12-19-15-10-8-14(9-11-15)17-7-5-4-6-16(17)13(2)18/h4-11,13H,3,12,18H2,1-2H3. The molecule has 0 fully saturated rings. The molecule has 2 aromatic carbocycles. The van der Waals surface area contributed by atoms with Gasteiger partial charge in [0, 0.05) is 6.04 Å². The van der Waals surface area contributed by atoms with Gasteiger partial charge in [-0.25, -0.2) is 0 Å². The Morgan fingerprint density at radius 3 is 2.37 bits per heavy atom. The van der Waals surface area contributed by atoms with Crippen LogP contribution in [0, 0.1) is 0 Å². The SMILES string of the molecule is CCCOc1ccc(-c2ccccc2C(C)N)cc1. The van der Waals surface area contributed by atoms with Crippen LogP contribution in [-0.2, 0) is 0 Å². The van der Waals surface area contributed by atoms with Crippen molar-refractivity contribution in [2.75, 3.05) is 6.61 Å². The molecule has 100 valence electrons. The van der Waals surface area contributed by atoms with Crippen LogP contribution in [0.1, 0.15) is 31.9 Å². The van der Waals surface area contributed by atoms with Gasteiger partial charge in [-0.05, 0) is 42.2 Å². The minimum Gasteiger partial charge on any atom is -0.494 e. The first kappa shape index (κ1) is 13.6. The summed E-state index contributed by atoms with van der Waals surface area (Å²) in [7, 11) is 0. The summed E-state index contributed by atoms with van der Waals surface area (Å²) in [4.78, 5) is 0. The van der Waals surface area contributed by atoms with Crippen LogP contribution in [0.3, 0.4) is 0 Å². The zero-order valence-electron chi connectivity index (χ0n) is 11.6. The maximum atomic E-state index is 6.02. The van der Waals surface area contributed by atoms with Crippen LogP contribution in [0.15, 0.2) is 48.5 Å². The van der Waals surface area contributed by atoms with Crippen molar-refractivity contribution in [2.45, 2.75) is 26.3 Å². The fraction of sp³-hybridized carbons (Fsp3) is 0.294. The Labute approximate surface area is 115 Å². The monoisotopic (exact) mass is 255 g/mol. The lowest BCUT2D eigenvalue weighted by Gasteiger charge is -2.13. The highest BCUT2D eigenvalue weighted by Crippen LogP contribution is 2.28. The summed E-state index contributed by atoms with van der Waals surface area (Å²) in [5.41, 5.74) is 9.57. The Morgan fingerprint density at radius 1 is 1.05 bits per heavy atom. The van der Waals surface area contributed by atoms with Gasteiger partial charge in [0.05, 0.1) is 6.61 Å². The average Bonchev–Trinajstić information content (AvgIpc) is 2.45. The van der Waals surface area contributed by atoms with Crippen LogP contribution in [0.25, 0.3) is 11.1 Å². The minimum atomic E-state index is 0.0345. The van der Waals surface area contributed by atoms with E-state index in [1.165, 1.54) is 16.7 Å². The van der Waals surface area contributed by atoms with Gasteiger partial charge in [-0.1, -0.05) is 43.3 Å². The van der Waals surface area contributed by atoms with Crippen molar-refractivity contribution in [3.8, 4) is 16.9 Å². The fourth-order valence-corrected chi connectivity index (χ4v) is 2.11. The Hall–Kier alpha value is -1.80. The Morgan fingerprint density at radius 2 is 1.74 bits per heavy atom. The van der Waals surface area contributed by atoms with Gasteiger partial charge in [0.2, 0.25) is 0 Å². The van der Waals surface area contributed by atoms with Crippen LogP contribution in [0.4, 0.5) is 0 Å². The number of hydrogen-bond donors (Lipinski definition) is 1. The number of nitrogens with two attached hydrogens (primary N) is 1. The molecular weight excluding hydrogens is 234 g/mol. The molecule has 1 unspecified atom stereocenters. The molecule has 2 rings (SSSR count). The quantitative estimate of drug-likeness (QED) is 0.870. The summed E-state index contributed by atoms with van der Waals surface area (Å²) in [6, 6.07) is 16.5. The summed E-state index contributed by atoms with van der Waals surface area (Å²) >= 11 is 0. The largest absolute Gasteiger partial charge is 0.494 e. The normalized spacial score (nSPS) is 12.2. The molecule has 1 atom stereocenters. The molecule has 0 aliphatic carbocycles. The van der Waals surface area contributed by atoms with E-state index < -0.39 is 0 Å². The van der Waals surface area contributed by atoms with Gasteiger partial charge in [0.25, 0.3) is 0 Å². The van der Waals surface area contributed by atoms with Crippen molar-refractivity contribution in [3.05, 3.63) is 54.1 Å². The van der Waals surface area contributed by atoms with E-state index in [2.05, 4.69) is 31.2 Å². The van der Waals surface area contributed by atoms with Gasteiger partial charge in [-0.3, -0.25) is 0 Å². The average molecular weight is 255 g/mol. The molecule has 2 heteroatoms. The molecule has 0 aromatic heterocycles. The highest BCUT2D eigenvalue weighted by Gasteiger charge is 2.07. The van der Waals surface area contributed by atoms with Crippen LogP contribution < -0.4 is 10.5 Å². The number of benzene rings is 2. The zero-order valence-corrected chi connectivity index (χ0v) is 11.6. The summed E-state index contributed by atoms with van der Waals surface area (Å²) in [5.74, 6) is 0.920. The van der Waals surface area contributed by atoms with Gasteiger partial charge in [0.1, 0.15) is 5.75 Å². The van der Waals surface area contributed by atoms with Crippen molar-refractivity contribution in [3.63, 3.8) is 0 Å². The smallest absolute Gasteiger partial charge is 0.119 e. The maximum Gasteiger partial charge on any atom is 0.119 e. The molecule has 0 amide bonds. The summed E-state index contributed by atoms with van der Waals surface area (Å²) in [6.07, 6.45) is 1.02.